The number of piperidine rings is 1. The lowest BCUT2D eigenvalue weighted by atomic mass is 9.97. The lowest BCUT2D eigenvalue weighted by Gasteiger charge is -2.32. The summed E-state index contributed by atoms with van der Waals surface area (Å²) in [6, 6.07) is 7.11. The van der Waals surface area contributed by atoms with Gasteiger partial charge in [0.15, 0.2) is 0 Å². The molecule has 2 amide bonds. The monoisotopic (exact) mass is 375 g/mol. The van der Waals surface area contributed by atoms with Crippen LogP contribution in [0.4, 0.5) is 10.5 Å². The molecule has 1 aromatic carbocycles. The molecule has 140 valence electrons. The van der Waals surface area contributed by atoms with Gasteiger partial charge in [-0.05, 0) is 51.2 Å². The predicted molar refractivity (Wildman–Crippen MR) is 105 cm³/mol. The topological polar surface area (TPSA) is 53.4 Å². The standard InChI is InChI=1S/C19H26ClN5O/c1-23(2)12-13-24-11-9-21-18(24)15-4-3-10-25(14-15)19(26)22-17-7-5-16(20)6-8-17/h5-9,11,15H,3-4,10,12-14H2,1-2H3,(H,22,26)/t15-/m0/s1. The molecule has 1 aliphatic heterocycles. The van der Waals surface area contributed by atoms with Crippen molar-refractivity contribution >= 4 is 23.3 Å². The Labute approximate surface area is 159 Å². The van der Waals surface area contributed by atoms with Crippen molar-refractivity contribution in [3.63, 3.8) is 0 Å². The zero-order valence-corrected chi connectivity index (χ0v) is 16.1. The molecule has 7 heteroatoms. The molecule has 0 radical (unpaired) electrons. The van der Waals surface area contributed by atoms with Crippen LogP contribution in [0, 0.1) is 0 Å². The lowest BCUT2D eigenvalue weighted by Crippen LogP contribution is -2.42. The van der Waals surface area contributed by atoms with Gasteiger partial charge in [-0.15, -0.1) is 0 Å². The average Bonchev–Trinajstić information content (AvgIpc) is 3.10. The predicted octanol–water partition coefficient (Wildman–Crippen LogP) is 3.51. The van der Waals surface area contributed by atoms with Gasteiger partial charge >= 0.3 is 6.03 Å². The van der Waals surface area contributed by atoms with E-state index in [4.69, 9.17) is 11.6 Å². The number of amides is 2. The van der Waals surface area contributed by atoms with Gasteiger partial charge in [-0.2, -0.15) is 0 Å². The maximum atomic E-state index is 12.6. The van der Waals surface area contributed by atoms with Crippen LogP contribution in [0.25, 0.3) is 0 Å². The maximum absolute atomic E-state index is 12.6. The van der Waals surface area contributed by atoms with Gasteiger partial charge in [0.1, 0.15) is 5.82 Å². The van der Waals surface area contributed by atoms with E-state index >= 15 is 0 Å². The van der Waals surface area contributed by atoms with Gasteiger partial charge in [0.2, 0.25) is 0 Å². The van der Waals surface area contributed by atoms with Crippen molar-refractivity contribution in [2.45, 2.75) is 25.3 Å². The number of likely N-dealkylation sites (tertiary alicyclic amines) is 1. The molecule has 26 heavy (non-hydrogen) atoms. The number of anilines is 1. The van der Waals surface area contributed by atoms with E-state index in [2.05, 4.69) is 33.9 Å². The highest BCUT2D eigenvalue weighted by Gasteiger charge is 2.27. The molecule has 0 aliphatic carbocycles. The molecule has 6 nitrogen and oxygen atoms in total. The van der Waals surface area contributed by atoms with Gasteiger partial charge in [-0.3, -0.25) is 0 Å². The second kappa shape index (κ2) is 8.56. The van der Waals surface area contributed by atoms with Crippen molar-refractivity contribution in [3.8, 4) is 0 Å². The van der Waals surface area contributed by atoms with E-state index in [0.29, 0.717) is 11.6 Å². The van der Waals surface area contributed by atoms with E-state index in [0.717, 1.165) is 44.0 Å². The number of carbonyl (C=O) groups is 1. The summed E-state index contributed by atoms with van der Waals surface area (Å²) in [5.41, 5.74) is 0.758. The SMILES string of the molecule is CN(C)CCn1ccnc1[C@H]1CCCN(C(=O)Nc2ccc(Cl)cc2)C1. The van der Waals surface area contributed by atoms with Crippen LogP contribution in [-0.4, -0.2) is 59.1 Å². The third-order valence-corrected chi connectivity index (χ3v) is 4.96. The number of carbonyl (C=O) groups excluding carboxylic acids is 1. The summed E-state index contributed by atoms with van der Waals surface area (Å²) in [5, 5.41) is 3.61. The Morgan fingerprint density at radius 2 is 2.12 bits per heavy atom. The number of benzene rings is 1. The first kappa shape index (κ1) is 18.7. The second-order valence-corrected chi connectivity index (χ2v) is 7.44. The van der Waals surface area contributed by atoms with Gasteiger partial charge in [0, 0.05) is 55.2 Å². The van der Waals surface area contributed by atoms with E-state index in [-0.39, 0.29) is 11.9 Å². The summed E-state index contributed by atoms with van der Waals surface area (Å²) in [5.74, 6) is 1.35. The van der Waals surface area contributed by atoms with Crippen molar-refractivity contribution in [2.24, 2.45) is 0 Å². The summed E-state index contributed by atoms with van der Waals surface area (Å²) in [6.07, 6.45) is 5.94. The minimum Gasteiger partial charge on any atom is -0.333 e. The minimum absolute atomic E-state index is 0.0663. The smallest absolute Gasteiger partial charge is 0.321 e. The van der Waals surface area contributed by atoms with Crippen LogP contribution in [-0.2, 0) is 6.54 Å². The number of rotatable bonds is 5. The number of urea groups is 1. The van der Waals surface area contributed by atoms with Crippen LogP contribution in [0.5, 0.6) is 0 Å². The van der Waals surface area contributed by atoms with Gasteiger partial charge in [-0.25, -0.2) is 9.78 Å². The molecule has 1 atom stereocenters. The molecule has 1 saturated heterocycles. The normalized spacial score (nSPS) is 17.5. The van der Waals surface area contributed by atoms with Crippen LogP contribution in [0.15, 0.2) is 36.7 Å². The third-order valence-electron chi connectivity index (χ3n) is 4.71. The van der Waals surface area contributed by atoms with Crippen LogP contribution >= 0.6 is 11.6 Å². The van der Waals surface area contributed by atoms with Crippen LogP contribution < -0.4 is 5.32 Å². The van der Waals surface area contributed by atoms with Gasteiger partial charge < -0.3 is 19.7 Å². The fourth-order valence-corrected chi connectivity index (χ4v) is 3.41. The summed E-state index contributed by atoms with van der Waals surface area (Å²) >= 11 is 5.90. The summed E-state index contributed by atoms with van der Waals surface area (Å²) in [4.78, 5) is 21.2. The largest absolute Gasteiger partial charge is 0.333 e. The van der Waals surface area contributed by atoms with Gasteiger partial charge in [0.25, 0.3) is 0 Å². The quantitative estimate of drug-likeness (QED) is 0.870. The zero-order chi connectivity index (χ0) is 18.5. The van der Waals surface area contributed by atoms with E-state index in [1.165, 1.54) is 0 Å². The molecule has 2 heterocycles. The van der Waals surface area contributed by atoms with E-state index in [9.17, 15) is 4.79 Å². The molecule has 1 aliphatic rings. The molecular formula is C19H26ClN5O. The lowest BCUT2D eigenvalue weighted by molar-refractivity contribution is 0.190. The number of imidazole rings is 1. The van der Waals surface area contributed by atoms with Crippen molar-refractivity contribution in [1.29, 1.82) is 0 Å². The molecule has 0 unspecified atom stereocenters. The molecule has 1 N–H and O–H groups in total. The van der Waals surface area contributed by atoms with Crippen molar-refractivity contribution in [1.82, 2.24) is 19.4 Å². The molecule has 1 fully saturated rings. The molecule has 0 saturated carbocycles. The fourth-order valence-electron chi connectivity index (χ4n) is 3.29. The Balaban J connectivity index is 1.63. The number of aromatic nitrogens is 2. The van der Waals surface area contributed by atoms with Crippen LogP contribution in [0.2, 0.25) is 5.02 Å². The van der Waals surface area contributed by atoms with Gasteiger partial charge in [0.05, 0.1) is 0 Å². The number of hydrogen-bond donors (Lipinski definition) is 1. The average molecular weight is 376 g/mol. The fraction of sp³-hybridized carbons (Fsp3) is 0.474. The first-order chi connectivity index (χ1) is 12.5. The third kappa shape index (κ3) is 4.77. The Hall–Kier alpha value is -2.05. The van der Waals surface area contributed by atoms with Crippen molar-refractivity contribution in [3.05, 3.63) is 47.5 Å². The molecular weight excluding hydrogens is 350 g/mol. The van der Waals surface area contributed by atoms with Crippen molar-refractivity contribution < 1.29 is 4.79 Å². The van der Waals surface area contributed by atoms with E-state index in [1.807, 2.05) is 29.4 Å². The van der Waals surface area contributed by atoms with E-state index in [1.54, 1.807) is 12.1 Å². The number of likely N-dealkylation sites (N-methyl/N-ethyl adjacent to an activating group) is 1. The molecule has 0 bridgehead atoms. The number of halogens is 1. The Morgan fingerprint density at radius 3 is 2.85 bits per heavy atom. The van der Waals surface area contributed by atoms with E-state index < -0.39 is 0 Å². The Bertz CT molecular complexity index is 728. The molecule has 0 spiro atoms. The van der Waals surface area contributed by atoms with Crippen molar-refractivity contribution in [2.75, 3.05) is 39.0 Å². The van der Waals surface area contributed by atoms with Crippen LogP contribution in [0.1, 0.15) is 24.6 Å². The number of nitrogens with one attached hydrogen (secondary N) is 1. The highest BCUT2D eigenvalue weighted by Crippen LogP contribution is 2.26. The Kier molecular flexibility index (Phi) is 6.16. The summed E-state index contributed by atoms with van der Waals surface area (Å²) in [6.45, 7) is 3.35. The summed E-state index contributed by atoms with van der Waals surface area (Å²) in [7, 11) is 4.14. The molecule has 3 rings (SSSR count). The first-order valence-corrected chi connectivity index (χ1v) is 9.38. The second-order valence-electron chi connectivity index (χ2n) is 7.00. The number of hydrogen-bond acceptors (Lipinski definition) is 3. The van der Waals surface area contributed by atoms with Gasteiger partial charge in [-0.1, -0.05) is 11.6 Å². The first-order valence-electron chi connectivity index (χ1n) is 9.00. The highest BCUT2D eigenvalue weighted by atomic mass is 35.5. The van der Waals surface area contributed by atoms with Crippen LogP contribution in [0.3, 0.4) is 0 Å². The summed E-state index contributed by atoms with van der Waals surface area (Å²) < 4.78 is 2.21. The Morgan fingerprint density at radius 1 is 1.35 bits per heavy atom. The molecule has 2 aromatic rings. The number of nitrogens with zero attached hydrogens (tertiary/aromatic N) is 4. The zero-order valence-electron chi connectivity index (χ0n) is 15.4. The maximum Gasteiger partial charge on any atom is 0.321 e. The molecule has 1 aromatic heterocycles. The highest BCUT2D eigenvalue weighted by molar-refractivity contribution is 6.30. The minimum atomic E-state index is -0.0663.